The molecule has 0 aliphatic rings. The second-order valence-electron chi connectivity index (χ2n) is 3.56. The normalized spacial score (nSPS) is 11.1. The molecule has 0 aliphatic carbocycles. The van der Waals surface area contributed by atoms with Crippen molar-refractivity contribution in [1.29, 1.82) is 0 Å². The molecule has 0 saturated heterocycles. The van der Waals surface area contributed by atoms with Gasteiger partial charge in [-0.05, 0) is 36.4 Å². The summed E-state index contributed by atoms with van der Waals surface area (Å²) in [7, 11) is 0. The molecule has 0 aromatic heterocycles. The predicted molar refractivity (Wildman–Crippen MR) is 76.8 cm³/mol. The molecule has 0 atom stereocenters. The number of aromatic hydroxyl groups is 1. The Bertz CT molecular complexity index is 594. The Hall–Kier alpha value is -1.22. The molecule has 0 spiro atoms. The molecule has 2 rings (SSSR count). The standard InChI is InChI=1S/C13H8Cl3NO/c14-9-1-3-11(4-2-9)17-7-8-5-10(15)6-12(16)13(8)18/h1-7,18H. The lowest BCUT2D eigenvalue weighted by Crippen LogP contribution is -1.83. The maximum atomic E-state index is 9.74. The summed E-state index contributed by atoms with van der Waals surface area (Å²) in [5, 5.41) is 11.0. The van der Waals surface area contributed by atoms with E-state index in [4.69, 9.17) is 34.8 Å². The molecule has 2 aromatic rings. The maximum Gasteiger partial charge on any atom is 0.143 e. The fraction of sp³-hybridized carbons (Fsp3) is 0. The number of halogens is 3. The summed E-state index contributed by atoms with van der Waals surface area (Å²) in [6.45, 7) is 0. The molecular formula is C13H8Cl3NO. The quantitative estimate of drug-likeness (QED) is 0.769. The van der Waals surface area contributed by atoms with Crippen LogP contribution in [0.15, 0.2) is 41.4 Å². The average Bonchev–Trinajstić information content (AvgIpc) is 2.34. The third-order valence-corrected chi connectivity index (χ3v) is 3.00. The largest absolute Gasteiger partial charge is 0.506 e. The zero-order valence-electron chi connectivity index (χ0n) is 9.07. The van der Waals surface area contributed by atoms with Gasteiger partial charge in [-0.2, -0.15) is 0 Å². The summed E-state index contributed by atoms with van der Waals surface area (Å²) in [5.41, 5.74) is 1.18. The Balaban J connectivity index is 2.31. The summed E-state index contributed by atoms with van der Waals surface area (Å²) in [4.78, 5) is 4.20. The minimum atomic E-state index is -0.0428. The number of phenols is 1. The highest BCUT2D eigenvalue weighted by atomic mass is 35.5. The van der Waals surface area contributed by atoms with Crippen molar-refractivity contribution in [2.24, 2.45) is 4.99 Å². The van der Waals surface area contributed by atoms with Crippen LogP contribution in [-0.4, -0.2) is 11.3 Å². The van der Waals surface area contributed by atoms with Crippen molar-refractivity contribution >= 4 is 46.7 Å². The predicted octanol–water partition coefficient (Wildman–Crippen LogP) is 5.10. The van der Waals surface area contributed by atoms with Gasteiger partial charge in [0.1, 0.15) is 5.75 Å². The van der Waals surface area contributed by atoms with Gasteiger partial charge in [0.25, 0.3) is 0 Å². The van der Waals surface area contributed by atoms with Gasteiger partial charge in [0.2, 0.25) is 0 Å². The topological polar surface area (TPSA) is 32.6 Å². The zero-order valence-corrected chi connectivity index (χ0v) is 11.3. The number of hydrogen-bond donors (Lipinski definition) is 1. The van der Waals surface area contributed by atoms with E-state index in [1.165, 1.54) is 12.3 Å². The lowest BCUT2D eigenvalue weighted by molar-refractivity contribution is 0.475. The minimum Gasteiger partial charge on any atom is -0.506 e. The van der Waals surface area contributed by atoms with Crippen molar-refractivity contribution in [3.8, 4) is 5.75 Å². The molecule has 18 heavy (non-hydrogen) atoms. The highest BCUT2D eigenvalue weighted by Gasteiger charge is 2.05. The summed E-state index contributed by atoms with van der Waals surface area (Å²) in [6.07, 6.45) is 1.50. The fourth-order valence-electron chi connectivity index (χ4n) is 1.36. The van der Waals surface area contributed by atoms with Crippen LogP contribution < -0.4 is 0 Å². The number of nitrogens with zero attached hydrogens (tertiary/aromatic N) is 1. The molecular weight excluding hydrogens is 293 g/mol. The molecule has 0 amide bonds. The molecule has 0 bridgehead atoms. The Morgan fingerprint density at radius 3 is 2.28 bits per heavy atom. The minimum absolute atomic E-state index is 0.0428. The summed E-state index contributed by atoms with van der Waals surface area (Å²) in [5.74, 6) is -0.0428. The fourth-order valence-corrected chi connectivity index (χ4v) is 1.99. The first-order valence-corrected chi connectivity index (χ1v) is 6.17. The van der Waals surface area contributed by atoms with Gasteiger partial charge in [0.15, 0.2) is 0 Å². The molecule has 2 aromatic carbocycles. The molecule has 0 heterocycles. The lowest BCUT2D eigenvalue weighted by atomic mass is 10.2. The molecule has 0 aliphatic heterocycles. The van der Waals surface area contributed by atoms with Crippen LogP contribution >= 0.6 is 34.8 Å². The Morgan fingerprint density at radius 2 is 1.61 bits per heavy atom. The van der Waals surface area contributed by atoms with Crippen molar-refractivity contribution in [3.63, 3.8) is 0 Å². The molecule has 0 saturated carbocycles. The first-order chi connectivity index (χ1) is 8.56. The van der Waals surface area contributed by atoms with E-state index in [2.05, 4.69) is 4.99 Å². The summed E-state index contributed by atoms with van der Waals surface area (Å²) >= 11 is 17.4. The number of benzene rings is 2. The Morgan fingerprint density at radius 1 is 0.944 bits per heavy atom. The Labute approximate surface area is 119 Å². The summed E-state index contributed by atoms with van der Waals surface area (Å²) in [6, 6.07) is 10.1. The van der Waals surface area contributed by atoms with Gasteiger partial charge in [-0.15, -0.1) is 0 Å². The number of hydrogen-bond acceptors (Lipinski definition) is 2. The highest BCUT2D eigenvalue weighted by Crippen LogP contribution is 2.30. The van der Waals surface area contributed by atoms with E-state index < -0.39 is 0 Å². The van der Waals surface area contributed by atoms with Gasteiger partial charge in [0.05, 0.1) is 10.7 Å². The van der Waals surface area contributed by atoms with Crippen LogP contribution in [0.2, 0.25) is 15.1 Å². The molecule has 0 unspecified atom stereocenters. The first kappa shape index (κ1) is 13.2. The number of aliphatic imine (C=N–C) groups is 1. The van der Waals surface area contributed by atoms with Crippen LogP contribution in [0.4, 0.5) is 5.69 Å². The van der Waals surface area contributed by atoms with Gasteiger partial charge in [-0.25, -0.2) is 0 Å². The molecule has 1 N–H and O–H groups in total. The van der Waals surface area contributed by atoms with Crippen LogP contribution in [0.5, 0.6) is 5.75 Å². The van der Waals surface area contributed by atoms with Gasteiger partial charge in [-0.3, -0.25) is 4.99 Å². The van der Waals surface area contributed by atoms with E-state index in [1.807, 2.05) is 0 Å². The van der Waals surface area contributed by atoms with Crippen molar-refractivity contribution < 1.29 is 5.11 Å². The van der Waals surface area contributed by atoms with Crippen LogP contribution in [0.25, 0.3) is 0 Å². The van der Waals surface area contributed by atoms with E-state index in [9.17, 15) is 5.11 Å². The van der Waals surface area contributed by atoms with E-state index in [1.54, 1.807) is 30.3 Å². The molecule has 0 radical (unpaired) electrons. The average molecular weight is 301 g/mol. The van der Waals surface area contributed by atoms with E-state index in [0.29, 0.717) is 15.6 Å². The Kier molecular flexibility index (Phi) is 4.12. The van der Waals surface area contributed by atoms with Crippen LogP contribution in [0, 0.1) is 0 Å². The second kappa shape index (κ2) is 5.61. The third kappa shape index (κ3) is 3.16. The van der Waals surface area contributed by atoms with Gasteiger partial charge < -0.3 is 5.11 Å². The number of phenolic OH excluding ortho intramolecular Hbond substituents is 1. The maximum absolute atomic E-state index is 9.74. The van der Waals surface area contributed by atoms with E-state index in [0.717, 1.165) is 5.69 Å². The van der Waals surface area contributed by atoms with Crippen LogP contribution in [-0.2, 0) is 0 Å². The van der Waals surface area contributed by atoms with Crippen LogP contribution in [0.3, 0.4) is 0 Å². The van der Waals surface area contributed by atoms with Crippen molar-refractivity contribution in [2.75, 3.05) is 0 Å². The van der Waals surface area contributed by atoms with Crippen LogP contribution in [0.1, 0.15) is 5.56 Å². The summed E-state index contributed by atoms with van der Waals surface area (Å²) < 4.78 is 0. The van der Waals surface area contributed by atoms with E-state index in [-0.39, 0.29) is 10.8 Å². The third-order valence-electron chi connectivity index (χ3n) is 2.24. The van der Waals surface area contributed by atoms with Crippen molar-refractivity contribution in [3.05, 3.63) is 57.0 Å². The van der Waals surface area contributed by atoms with Crippen molar-refractivity contribution in [2.45, 2.75) is 0 Å². The monoisotopic (exact) mass is 299 g/mol. The van der Waals surface area contributed by atoms with Gasteiger partial charge >= 0.3 is 0 Å². The van der Waals surface area contributed by atoms with Gasteiger partial charge in [0, 0.05) is 21.8 Å². The van der Waals surface area contributed by atoms with Gasteiger partial charge in [-0.1, -0.05) is 34.8 Å². The van der Waals surface area contributed by atoms with Crippen molar-refractivity contribution in [1.82, 2.24) is 0 Å². The second-order valence-corrected chi connectivity index (χ2v) is 4.84. The molecule has 0 fully saturated rings. The first-order valence-electron chi connectivity index (χ1n) is 5.04. The molecule has 92 valence electrons. The molecule has 2 nitrogen and oxygen atoms in total. The lowest BCUT2D eigenvalue weighted by Gasteiger charge is -2.02. The van der Waals surface area contributed by atoms with E-state index >= 15 is 0 Å². The SMILES string of the molecule is Oc1c(Cl)cc(Cl)cc1C=Nc1ccc(Cl)cc1. The highest BCUT2D eigenvalue weighted by molar-refractivity contribution is 6.36. The number of rotatable bonds is 2. The smallest absolute Gasteiger partial charge is 0.143 e. The zero-order chi connectivity index (χ0) is 13.1. The molecule has 5 heteroatoms.